The van der Waals surface area contributed by atoms with Gasteiger partial charge in [0.05, 0.1) is 17.3 Å². The van der Waals surface area contributed by atoms with Crippen LogP contribution in [0.15, 0.2) is 60.0 Å². The van der Waals surface area contributed by atoms with Gasteiger partial charge < -0.3 is 4.74 Å². The molecule has 0 unspecified atom stereocenters. The van der Waals surface area contributed by atoms with Gasteiger partial charge in [-0.05, 0) is 17.7 Å². The summed E-state index contributed by atoms with van der Waals surface area (Å²) < 4.78 is 5.16. The minimum atomic E-state index is -0.542. The van der Waals surface area contributed by atoms with Crippen LogP contribution in [0, 0.1) is 11.3 Å². The maximum Gasteiger partial charge on any atom is 0.413 e. The van der Waals surface area contributed by atoms with E-state index in [1.807, 2.05) is 47.8 Å². The van der Waals surface area contributed by atoms with Crippen molar-refractivity contribution in [2.45, 2.75) is 6.61 Å². The number of carbonyl (C=O) groups is 1. The molecule has 1 amide bonds. The SMILES string of the molecule is N#Cc1ccc(-c2csc(NC(=O)OCc3ccccc3)n2)cc1. The van der Waals surface area contributed by atoms with Crippen LogP contribution in [0.25, 0.3) is 11.3 Å². The molecule has 3 rings (SSSR count). The van der Waals surface area contributed by atoms with E-state index in [1.54, 1.807) is 12.1 Å². The van der Waals surface area contributed by atoms with Crippen LogP contribution in [0.1, 0.15) is 11.1 Å². The number of nitriles is 1. The molecule has 0 radical (unpaired) electrons. The van der Waals surface area contributed by atoms with Gasteiger partial charge in [-0.1, -0.05) is 42.5 Å². The lowest BCUT2D eigenvalue weighted by Gasteiger charge is -2.04. The Morgan fingerprint density at radius 2 is 1.92 bits per heavy atom. The Bertz CT molecular complexity index is 867. The van der Waals surface area contributed by atoms with Gasteiger partial charge in [0.2, 0.25) is 0 Å². The number of hydrogen-bond acceptors (Lipinski definition) is 5. The second-order valence-electron chi connectivity index (χ2n) is 4.91. The molecule has 1 heterocycles. The number of carbonyl (C=O) groups excluding carboxylic acids is 1. The number of rotatable bonds is 4. The fourth-order valence-electron chi connectivity index (χ4n) is 2.03. The van der Waals surface area contributed by atoms with Crippen LogP contribution in [0.3, 0.4) is 0 Å². The highest BCUT2D eigenvalue weighted by Gasteiger charge is 2.09. The summed E-state index contributed by atoms with van der Waals surface area (Å²) >= 11 is 1.32. The smallest absolute Gasteiger partial charge is 0.413 e. The largest absolute Gasteiger partial charge is 0.444 e. The first-order chi connectivity index (χ1) is 11.7. The van der Waals surface area contributed by atoms with E-state index in [0.29, 0.717) is 10.7 Å². The van der Waals surface area contributed by atoms with E-state index in [4.69, 9.17) is 10.00 Å². The number of thiazole rings is 1. The zero-order valence-corrected chi connectivity index (χ0v) is 13.4. The quantitative estimate of drug-likeness (QED) is 0.765. The molecule has 0 saturated heterocycles. The van der Waals surface area contributed by atoms with Crippen LogP contribution in [0.2, 0.25) is 0 Å². The predicted molar refractivity (Wildman–Crippen MR) is 92.5 cm³/mol. The molecule has 0 saturated carbocycles. The number of nitrogens with one attached hydrogen (secondary N) is 1. The van der Waals surface area contributed by atoms with Gasteiger partial charge in [-0.3, -0.25) is 5.32 Å². The van der Waals surface area contributed by atoms with E-state index in [-0.39, 0.29) is 6.61 Å². The lowest BCUT2D eigenvalue weighted by Crippen LogP contribution is -2.13. The van der Waals surface area contributed by atoms with E-state index in [0.717, 1.165) is 16.8 Å². The van der Waals surface area contributed by atoms with E-state index in [2.05, 4.69) is 16.4 Å². The molecule has 0 atom stereocenters. The number of aromatic nitrogens is 1. The van der Waals surface area contributed by atoms with E-state index in [1.165, 1.54) is 11.3 Å². The van der Waals surface area contributed by atoms with Crippen molar-refractivity contribution in [2.75, 3.05) is 5.32 Å². The van der Waals surface area contributed by atoms with Crippen molar-refractivity contribution in [3.05, 3.63) is 71.1 Å². The van der Waals surface area contributed by atoms with Crippen LogP contribution in [0.4, 0.5) is 9.93 Å². The van der Waals surface area contributed by atoms with Gasteiger partial charge >= 0.3 is 6.09 Å². The molecule has 0 fully saturated rings. The van der Waals surface area contributed by atoms with Gasteiger partial charge in [0.15, 0.2) is 5.13 Å². The minimum absolute atomic E-state index is 0.209. The normalized spacial score (nSPS) is 9.96. The zero-order valence-electron chi connectivity index (χ0n) is 12.6. The molecule has 2 aromatic carbocycles. The van der Waals surface area contributed by atoms with Gasteiger partial charge in [0.1, 0.15) is 6.61 Å². The highest BCUT2D eigenvalue weighted by atomic mass is 32.1. The first kappa shape index (κ1) is 15.7. The average molecular weight is 335 g/mol. The summed E-state index contributed by atoms with van der Waals surface area (Å²) in [5.41, 5.74) is 3.14. The summed E-state index contributed by atoms with van der Waals surface area (Å²) in [4.78, 5) is 16.2. The van der Waals surface area contributed by atoms with Crippen molar-refractivity contribution >= 4 is 22.6 Å². The van der Waals surface area contributed by atoms with Crippen LogP contribution >= 0.6 is 11.3 Å². The van der Waals surface area contributed by atoms with E-state index >= 15 is 0 Å². The Balaban J connectivity index is 1.59. The molecule has 0 bridgehead atoms. The van der Waals surface area contributed by atoms with Crippen molar-refractivity contribution in [3.63, 3.8) is 0 Å². The maximum atomic E-state index is 11.8. The van der Waals surface area contributed by atoms with Crippen LogP contribution in [-0.2, 0) is 11.3 Å². The number of hydrogen-bond donors (Lipinski definition) is 1. The fraction of sp³-hybridized carbons (Fsp3) is 0.0556. The number of ether oxygens (including phenoxy) is 1. The zero-order chi connectivity index (χ0) is 16.8. The predicted octanol–water partition coefficient (Wildman–Crippen LogP) is 4.43. The average Bonchev–Trinajstić information content (AvgIpc) is 3.09. The van der Waals surface area contributed by atoms with Crippen molar-refractivity contribution in [3.8, 4) is 17.3 Å². The van der Waals surface area contributed by atoms with Gasteiger partial charge in [0, 0.05) is 10.9 Å². The molecule has 0 aliphatic rings. The number of anilines is 1. The lowest BCUT2D eigenvalue weighted by molar-refractivity contribution is 0.155. The summed E-state index contributed by atoms with van der Waals surface area (Å²) in [5, 5.41) is 13.7. The molecule has 1 N–H and O–H groups in total. The highest BCUT2D eigenvalue weighted by molar-refractivity contribution is 7.14. The fourth-order valence-corrected chi connectivity index (χ4v) is 2.73. The third-order valence-corrected chi connectivity index (χ3v) is 3.99. The summed E-state index contributed by atoms with van der Waals surface area (Å²) in [7, 11) is 0. The summed E-state index contributed by atoms with van der Waals surface area (Å²) in [6, 6.07) is 18.7. The second kappa shape index (κ2) is 7.40. The third kappa shape index (κ3) is 3.97. The Labute approximate surface area is 143 Å². The second-order valence-corrected chi connectivity index (χ2v) is 5.77. The Morgan fingerprint density at radius 3 is 2.62 bits per heavy atom. The Kier molecular flexibility index (Phi) is 4.84. The Morgan fingerprint density at radius 1 is 1.17 bits per heavy atom. The molecule has 0 aliphatic carbocycles. The van der Waals surface area contributed by atoms with Crippen LogP contribution in [-0.4, -0.2) is 11.1 Å². The summed E-state index contributed by atoms with van der Waals surface area (Å²) in [6.45, 7) is 0.209. The third-order valence-electron chi connectivity index (χ3n) is 3.24. The first-order valence-electron chi connectivity index (χ1n) is 7.18. The number of amides is 1. The van der Waals surface area contributed by atoms with Crippen molar-refractivity contribution in [1.82, 2.24) is 4.98 Å². The topological polar surface area (TPSA) is 75.0 Å². The molecule has 24 heavy (non-hydrogen) atoms. The number of nitrogens with zero attached hydrogens (tertiary/aromatic N) is 2. The van der Waals surface area contributed by atoms with Gasteiger partial charge in [-0.15, -0.1) is 11.3 Å². The maximum absolute atomic E-state index is 11.8. The first-order valence-corrected chi connectivity index (χ1v) is 8.06. The molecular weight excluding hydrogens is 322 g/mol. The lowest BCUT2D eigenvalue weighted by atomic mass is 10.1. The Hall–Kier alpha value is -3.17. The van der Waals surface area contributed by atoms with Crippen molar-refractivity contribution in [1.29, 1.82) is 5.26 Å². The van der Waals surface area contributed by atoms with E-state index < -0.39 is 6.09 Å². The highest BCUT2D eigenvalue weighted by Crippen LogP contribution is 2.25. The molecule has 1 aromatic heterocycles. The van der Waals surface area contributed by atoms with Crippen molar-refractivity contribution in [2.24, 2.45) is 0 Å². The molecule has 118 valence electrons. The van der Waals surface area contributed by atoms with Crippen LogP contribution in [0.5, 0.6) is 0 Å². The molecule has 0 spiro atoms. The summed E-state index contributed by atoms with van der Waals surface area (Å²) in [5.74, 6) is 0. The molecule has 0 aliphatic heterocycles. The van der Waals surface area contributed by atoms with Gasteiger partial charge in [-0.25, -0.2) is 9.78 Å². The van der Waals surface area contributed by atoms with E-state index in [9.17, 15) is 4.79 Å². The number of benzene rings is 2. The van der Waals surface area contributed by atoms with Crippen molar-refractivity contribution < 1.29 is 9.53 Å². The van der Waals surface area contributed by atoms with Gasteiger partial charge in [0.25, 0.3) is 0 Å². The van der Waals surface area contributed by atoms with Crippen LogP contribution < -0.4 is 5.32 Å². The molecular formula is C18H13N3O2S. The monoisotopic (exact) mass is 335 g/mol. The standard InChI is InChI=1S/C18H13N3O2S/c19-10-13-6-8-15(9-7-13)16-12-24-17(20-16)21-18(22)23-11-14-4-2-1-3-5-14/h1-9,12H,11H2,(H,20,21,22). The molecule has 6 heteroatoms. The minimum Gasteiger partial charge on any atom is -0.444 e. The molecule has 5 nitrogen and oxygen atoms in total. The van der Waals surface area contributed by atoms with Gasteiger partial charge in [-0.2, -0.15) is 5.26 Å². The summed E-state index contributed by atoms with van der Waals surface area (Å²) in [6.07, 6.45) is -0.542. The molecule has 3 aromatic rings.